The first-order valence-corrected chi connectivity index (χ1v) is 5.78. The van der Waals surface area contributed by atoms with Crippen LogP contribution in [0.4, 0.5) is 0 Å². The van der Waals surface area contributed by atoms with Crippen LogP contribution in [0, 0.1) is 0 Å². The number of nitrogens with two attached hydrogens (primary N) is 1. The van der Waals surface area contributed by atoms with Gasteiger partial charge in [-0.15, -0.1) is 0 Å². The number of halogens is 1. The van der Waals surface area contributed by atoms with Gasteiger partial charge in [0.25, 0.3) is 0 Å². The van der Waals surface area contributed by atoms with E-state index >= 15 is 0 Å². The van der Waals surface area contributed by atoms with Crippen molar-refractivity contribution in [3.8, 4) is 0 Å². The van der Waals surface area contributed by atoms with Crippen LogP contribution in [0.1, 0.15) is 18.4 Å². The van der Waals surface area contributed by atoms with E-state index in [-0.39, 0.29) is 5.54 Å². The Morgan fingerprint density at radius 3 is 2.75 bits per heavy atom. The summed E-state index contributed by atoms with van der Waals surface area (Å²) in [6.07, 6.45) is 8.11. The lowest BCUT2D eigenvalue weighted by Gasteiger charge is -2.23. The van der Waals surface area contributed by atoms with Crippen LogP contribution in [0.15, 0.2) is 36.5 Å². The van der Waals surface area contributed by atoms with E-state index in [1.165, 1.54) is 10.9 Å². The van der Waals surface area contributed by atoms with E-state index in [9.17, 15) is 0 Å². The lowest BCUT2D eigenvalue weighted by molar-refractivity contribution is 0.485. The second-order valence-electron chi connectivity index (χ2n) is 4.43. The molecule has 1 aliphatic rings. The molecule has 0 unspecified atom stereocenters. The van der Waals surface area contributed by atoms with Crippen LogP contribution >= 0.6 is 11.6 Å². The van der Waals surface area contributed by atoms with Gasteiger partial charge >= 0.3 is 0 Å². The largest absolute Gasteiger partial charge is 0.361 e. The Bertz CT molecular complexity index is 560. The molecule has 2 nitrogen and oxygen atoms in total. The number of nitrogens with one attached hydrogen (secondary N) is 1. The molecule has 3 N–H and O–H groups in total. The molecular formula is C13H13ClN2. The maximum Gasteiger partial charge on any atom is 0.0500 e. The van der Waals surface area contributed by atoms with Gasteiger partial charge < -0.3 is 10.7 Å². The van der Waals surface area contributed by atoms with Gasteiger partial charge in [0.15, 0.2) is 0 Å². The first-order valence-electron chi connectivity index (χ1n) is 5.40. The predicted molar refractivity (Wildman–Crippen MR) is 67.5 cm³/mol. The third-order valence-electron chi connectivity index (χ3n) is 3.31. The summed E-state index contributed by atoms with van der Waals surface area (Å²) < 4.78 is 0. The maximum absolute atomic E-state index is 6.41. The molecule has 16 heavy (non-hydrogen) atoms. The van der Waals surface area contributed by atoms with Gasteiger partial charge in [0, 0.05) is 22.1 Å². The van der Waals surface area contributed by atoms with Crippen LogP contribution < -0.4 is 5.73 Å². The Kier molecular flexibility index (Phi) is 2.09. The van der Waals surface area contributed by atoms with Gasteiger partial charge in [-0.1, -0.05) is 29.8 Å². The van der Waals surface area contributed by atoms with Crippen molar-refractivity contribution in [2.24, 2.45) is 5.73 Å². The van der Waals surface area contributed by atoms with Gasteiger partial charge in [0.1, 0.15) is 0 Å². The van der Waals surface area contributed by atoms with Crippen LogP contribution in [0.3, 0.4) is 0 Å². The van der Waals surface area contributed by atoms with Gasteiger partial charge in [-0.25, -0.2) is 0 Å². The van der Waals surface area contributed by atoms with Gasteiger partial charge in [-0.2, -0.15) is 0 Å². The maximum atomic E-state index is 6.41. The van der Waals surface area contributed by atoms with Gasteiger partial charge in [-0.3, -0.25) is 0 Å². The molecule has 0 atom stereocenters. The molecule has 1 aliphatic carbocycles. The molecule has 3 rings (SSSR count). The van der Waals surface area contributed by atoms with Crippen LogP contribution in [0.5, 0.6) is 0 Å². The summed E-state index contributed by atoms with van der Waals surface area (Å²) in [5, 5.41) is 1.92. The van der Waals surface area contributed by atoms with E-state index in [0.717, 1.165) is 23.4 Å². The first-order chi connectivity index (χ1) is 7.69. The van der Waals surface area contributed by atoms with E-state index in [4.69, 9.17) is 17.3 Å². The molecule has 0 amide bonds. The summed E-state index contributed by atoms with van der Waals surface area (Å²) in [7, 11) is 0. The van der Waals surface area contributed by atoms with Gasteiger partial charge in [0.2, 0.25) is 0 Å². The van der Waals surface area contributed by atoms with Crippen molar-refractivity contribution in [2.45, 2.75) is 18.4 Å². The number of H-pyrrole nitrogens is 1. The predicted octanol–water partition coefficient (Wildman–Crippen LogP) is 3.33. The summed E-state index contributed by atoms with van der Waals surface area (Å²) in [5.41, 5.74) is 8.41. The number of hydrogen-bond donors (Lipinski definition) is 2. The van der Waals surface area contributed by atoms with Gasteiger partial charge in [0.05, 0.1) is 5.54 Å². The highest BCUT2D eigenvalue weighted by atomic mass is 35.5. The molecule has 0 fully saturated rings. The van der Waals surface area contributed by atoms with Crippen molar-refractivity contribution in [1.82, 2.24) is 4.98 Å². The van der Waals surface area contributed by atoms with Crippen molar-refractivity contribution in [1.29, 1.82) is 0 Å². The van der Waals surface area contributed by atoms with Crippen molar-refractivity contribution in [3.05, 3.63) is 47.1 Å². The van der Waals surface area contributed by atoms with E-state index < -0.39 is 0 Å². The summed E-state index contributed by atoms with van der Waals surface area (Å²) in [5.74, 6) is 0. The monoisotopic (exact) mass is 232 g/mol. The van der Waals surface area contributed by atoms with Crippen LogP contribution in [0.2, 0.25) is 5.02 Å². The smallest absolute Gasteiger partial charge is 0.0500 e. The highest BCUT2D eigenvalue weighted by molar-refractivity contribution is 6.31. The molecule has 3 heteroatoms. The third-order valence-corrected chi connectivity index (χ3v) is 3.55. The standard InChI is InChI=1S/C13H13ClN2/c14-9-3-4-10-11(8-16-12(10)7-9)13(15)5-1-2-6-13/h1-4,7-8,16H,5-6,15H2. The average molecular weight is 233 g/mol. The molecule has 0 radical (unpaired) electrons. The lowest BCUT2D eigenvalue weighted by atomic mass is 9.88. The fourth-order valence-electron chi connectivity index (χ4n) is 2.40. The second-order valence-corrected chi connectivity index (χ2v) is 4.86. The summed E-state index contributed by atoms with van der Waals surface area (Å²) in [6, 6.07) is 5.88. The number of fused-ring (bicyclic) bond motifs is 1. The fourth-order valence-corrected chi connectivity index (χ4v) is 2.57. The van der Waals surface area contributed by atoms with Gasteiger partial charge in [-0.05, 0) is 30.5 Å². The van der Waals surface area contributed by atoms with Crippen LogP contribution in [-0.4, -0.2) is 4.98 Å². The van der Waals surface area contributed by atoms with Crippen molar-refractivity contribution in [2.75, 3.05) is 0 Å². The van der Waals surface area contributed by atoms with Crippen molar-refractivity contribution >= 4 is 22.5 Å². The number of benzene rings is 1. The highest BCUT2D eigenvalue weighted by Gasteiger charge is 2.30. The molecule has 0 bridgehead atoms. The molecule has 1 aromatic heterocycles. The Hall–Kier alpha value is -1.25. The Balaban J connectivity index is 2.18. The molecule has 0 spiro atoms. The summed E-state index contributed by atoms with van der Waals surface area (Å²) in [4.78, 5) is 3.24. The minimum Gasteiger partial charge on any atom is -0.361 e. The number of rotatable bonds is 1. The molecular weight excluding hydrogens is 220 g/mol. The first kappa shape index (κ1) is 9.94. The molecule has 2 aromatic rings. The number of aromatic amines is 1. The number of aromatic nitrogens is 1. The zero-order valence-electron chi connectivity index (χ0n) is 8.83. The minimum absolute atomic E-state index is 0.244. The van der Waals surface area contributed by atoms with E-state index in [1.54, 1.807) is 0 Å². The van der Waals surface area contributed by atoms with E-state index in [1.807, 2.05) is 24.4 Å². The SMILES string of the molecule is NC1(c2c[nH]c3cc(Cl)ccc23)CC=CC1. The topological polar surface area (TPSA) is 41.8 Å². The van der Waals surface area contributed by atoms with E-state index in [2.05, 4.69) is 17.1 Å². The van der Waals surface area contributed by atoms with Crippen molar-refractivity contribution < 1.29 is 0 Å². The minimum atomic E-state index is -0.244. The third kappa shape index (κ3) is 1.38. The molecule has 82 valence electrons. The molecule has 0 saturated carbocycles. The Labute approximate surface area is 99.1 Å². The van der Waals surface area contributed by atoms with Crippen LogP contribution in [-0.2, 0) is 5.54 Å². The van der Waals surface area contributed by atoms with Crippen LogP contribution in [0.25, 0.3) is 10.9 Å². The van der Waals surface area contributed by atoms with E-state index in [0.29, 0.717) is 0 Å². The highest BCUT2D eigenvalue weighted by Crippen LogP contribution is 2.36. The quantitative estimate of drug-likeness (QED) is 0.728. The molecule has 1 heterocycles. The molecule has 0 saturated heterocycles. The van der Waals surface area contributed by atoms with Crippen molar-refractivity contribution in [3.63, 3.8) is 0 Å². The molecule has 0 aliphatic heterocycles. The zero-order valence-corrected chi connectivity index (χ0v) is 9.59. The fraction of sp³-hybridized carbons (Fsp3) is 0.231. The average Bonchev–Trinajstić information content (AvgIpc) is 2.84. The lowest BCUT2D eigenvalue weighted by Crippen LogP contribution is -2.33. The zero-order chi connectivity index (χ0) is 11.2. The normalized spacial score (nSPS) is 18.4. The summed E-state index contributed by atoms with van der Waals surface area (Å²) >= 11 is 5.96. The second kappa shape index (κ2) is 3.37. The molecule has 1 aromatic carbocycles. The Morgan fingerprint density at radius 1 is 1.25 bits per heavy atom. The summed E-state index contributed by atoms with van der Waals surface area (Å²) in [6.45, 7) is 0. The number of hydrogen-bond acceptors (Lipinski definition) is 1. The Morgan fingerprint density at radius 2 is 2.00 bits per heavy atom.